The molecule has 2 aromatic carbocycles. The van der Waals surface area contributed by atoms with Gasteiger partial charge in [0.2, 0.25) is 29.6 Å². The van der Waals surface area contributed by atoms with Crippen LogP contribution in [-0.4, -0.2) is 119 Å². The second kappa shape index (κ2) is 20.1. The maximum absolute atomic E-state index is 13.9. The molecule has 1 saturated heterocycles. The van der Waals surface area contributed by atoms with Crippen molar-refractivity contribution in [2.45, 2.75) is 77.9 Å². The van der Waals surface area contributed by atoms with Gasteiger partial charge in [-0.05, 0) is 83.0 Å². The minimum atomic E-state index is -0.660. The number of nitrogens with one attached hydrogen (secondary N) is 2. The first-order valence-electron chi connectivity index (χ1n) is 22.4. The number of piperazine rings is 1. The van der Waals surface area contributed by atoms with Crippen LogP contribution >= 0.6 is 23.1 Å². The average Bonchev–Trinajstić information content (AvgIpc) is 3.66. The van der Waals surface area contributed by atoms with Crippen molar-refractivity contribution in [3.05, 3.63) is 80.6 Å². The molecule has 5 amide bonds. The third kappa shape index (κ3) is 10.2. The first-order chi connectivity index (χ1) is 32.3. The van der Waals surface area contributed by atoms with Crippen molar-refractivity contribution in [3.8, 4) is 5.75 Å². The summed E-state index contributed by atoms with van der Waals surface area (Å²) in [6.07, 6.45) is 8.93. The molecule has 19 nitrogen and oxygen atoms in total. The maximum Gasteiger partial charge on any atom is 0.276 e. The van der Waals surface area contributed by atoms with Gasteiger partial charge in [-0.1, -0.05) is 19.1 Å². The van der Waals surface area contributed by atoms with E-state index in [1.54, 1.807) is 39.6 Å². The Morgan fingerprint density at radius 3 is 2.07 bits per heavy atom. The molecule has 6 aromatic rings. The van der Waals surface area contributed by atoms with Crippen molar-refractivity contribution in [2.24, 2.45) is 17.4 Å². The lowest BCUT2D eigenvalue weighted by atomic mass is 10.1. The summed E-state index contributed by atoms with van der Waals surface area (Å²) in [6.45, 7) is 12.5. The summed E-state index contributed by atoms with van der Waals surface area (Å²) < 4.78 is 11.7. The molecule has 4 aromatic heterocycles. The third-order valence-electron chi connectivity index (χ3n) is 11.9. The lowest BCUT2D eigenvalue weighted by molar-refractivity contribution is -0.134. The summed E-state index contributed by atoms with van der Waals surface area (Å²) >= 11 is 2.73. The average molecular weight is 950 g/mol. The van der Waals surface area contributed by atoms with E-state index in [9.17, 15) is 24.0 Å². The number of aromatic nitrogens is 7. The first kappa shape index (κ1) is 46.9. The molecule has 0 unspecified atom stereocenters. The number of ether oxygens (including phenoxy) is 1. The Labute approximate surface area is 395 Å². The predicted molar refractivity (Wildman–Crippen MR) is 258 cm³/mol. The van der Waals surface area contributed by atoms with Crippen molar-refractivity contribution in [2.75, 3.05) is 56.2 Å². The highest BCUT2D eigenvalue weighted by Crippen LogP contribution is 2.34. The Bertz CT molecular complexity index is 2920. The number of thiazole rings is 1. The molecular formula is C46H55N13O6S2. The molecule has 8 rings (SSSR count). The second-order valence-corrected chi connectivity index (χ2v) is 18.6. The zero-order valence-electron chi connectivity index (χ0n) is 38.3. The lowest BCUT2D eigenvalue weighted by Crippen LogP contribution is -2.49. The third-order valence-corrected chi connectivity index (χ3v) is 13.6. The molecule has 0 radical (unpaired) electrons. The number of primary amides is 2. The van der Waals surface area contributed by atoms with E-state index in [-0.39, 0.29) is 53.8 Å². The predicted octanol–water partition coefficient (Wildman–Crippen LogP) is 5.24. The zero-order chi connectivity index (χ0) is 47.5. The Morgan fingerprint density at radius 1 is 0.836 bits per heavy atom. The molecule has 1 saturated carbocycles. The monoisotopic (exact) mass is 949 g/mol. The van der Waals surface area contributed by atoms with E-state index in [1.165, 1.54) is 23.1 Å². The number of nitrogens with zero attached hydrogens (tertiary/aromatic N) is 9. The van der Waals surface area contributed by atoms with Crippen molar-refractivity contribution < 1.29 is 28.7 Å². The van der Waals surface area contributed by atoms with E-state index in [2.05, 4.69) is 25.6 Å². The van der Waals surface area contributed by atoms with Gasteiger partial charge in [0.25, 0.3) is 11.8 Å². The standard InChI is InChI=1S/C46H55N13O6S2/c1-6-31-39(67-27(4)49-31)43(63)53-46-51-33-23-30(41(48)61)25-36(66-5)38(33)58(46)15-9-8-14-57-37-32(50-45(57)52-42(62)34-21-26(3)54-59(34)7-2)22-29(40(47)60)24-35(37)65-20-10-13-55-16-18-56(19-17-55)44(64)28-11-12-28/h8-9,21-25,28H,6-7,10-20H2,1-5H3,(H2,47,60)(H2,48,61)(H,50,52,62)(H,51,53,63)/b9-8+. The molecule has 0 atom stereocenters. The SMILES string of the molecule is CCc1nc(C)sc1C(=O)Nc1nc2cc(C(N)=O)cc(SC)c2n1C/C=C/Cn1c(NC(=O)c2cc(C)nn2CC)nc2cc(C(N)=O)cc(OCCCN3CCN(C(=O)C4CC4)CC3)c21. The van der Waals surface area contributed by atoms with E-state index < -0.39 is 17.7 Å². The van der Waals surface area contributed by atoms with Gasteiger partial charge in [0.1, 0.15) is 21.8 Å². The number of hydrogen-bond acceptors (Lipinski definition) is 13. The Hall–Kier alpha value is -6.58. The van der Waals surface area contributed by atoms with Gasteiger partial charge in [-0.2, -0.15) is 5.10 Å². The van der Waals surface area contributed by atoms with Crippen LogP contribution in [0.15, 0.2) is 47.4 Å². The number of benzene rings is 2. The molecule has 2 fully saturated rings. The van der Waals surface area contributed by atoms with E-state index in [0.29, 0.717) is 88.9 Å². The Kier molecular flexibility index (Phi) is 14.1. The van der Waals surface area contributed by atoms with Crippen molar-refractivity contribution in [1.29, 1.82) is 0 Å². The van der Waals surface area contributed by atoms with Crippen LogP contribution in [0.5, 0.6) is 5.75 Å². The minimum absolute atomic E-state index is 0.184. The van der Waals surface area contributed by atoms with Crippen LogP contribution in [0.25, 0.3) is 22.1 Å². The molecule has 1 aliphatic carbocycles. The molecule has 0 bridgehead atoms. The van der Waals surface area contributed by atoms with Crippen LogP contribution < -0.4 is 26.8 Å². The molecule has 67 heavy (non-hydrogen) atoms. The van der Waals surface area contributed by atoms with Gasteiger partial charge < -0.3 is 30.2 Å². The first-order valence-corrected chi connectivity index (χ1v) is 24.4. The highest BCUT2D eigenvalue weighted by molar-refractivity contribution is 7.98. The number of nitrogens with two attached hydrogens (primary N) is 2. The number of carbonyl (C=O) groups is 5. The second-order valence-electron chi connectivity index (χ2n) is 16.6. The fourth-order valence-electron chi connectivity index (χ4n) is 8.35. The van der Waals surface area contributed by atoms with Crippen LogP contribution in [-0.2, 0) is 30.8 Å². The summed E-state index contributed by atoms with van der Waals surface area (Å²) in [5.74, 6) is -0.714. The normalized spacial score (nSPS) is 14.4. The smallest absolute Gasteiger partial charge is 0.276 e. The van der Waals surface area contributed by atoms with Crippen LogP contribution in [0.1, 0.15) is 90.4 Å². The highest BCUT2D eigenvalue weighted by Gasteiger charge is 2.34. The summed E-state index contributed by atoms with van der Waals surface area (Å²) in [5.41, 5.74) is 15.8. The van der Waals surface area contributed by atoms with E-state index in [4.69, 9.17) is 26.2 Å². The largest absolute Gasteiger partial charge is 0.491 e. The lowest BCUT2D eigenvalue weighted by Gasteiger charge is -2.34. The number of carbonyl (C=O) groups excluding carboxylic acids is 5. The minimum Gasteiger partial charge on any atom is -0.491 e. The van der Waals surface area contributed by atoms with Gasteiger partial charge in [0, 0.05) is 74.3 Å². The summed E-state index contributed by atoms with van der Waals surface area (Å²) in [7, 11) is 0. The molecule has 0 spiro atoms. The van der Waals surface area contributed by atoms with Crippen LogP contribution in [0.4, 0.5) is 11.9 Å². The number of aryl methyl sites for hydroxylation is 4. The number of thioether (sulfide) groups is 1. The van der Waals surface area contributed by atoms with Gasteiger partial charge >= 0.3 is 0 Å². The number of amides is 5. The molecule has 2 aliphatic rings. The van der Waals surface area contributed by atoms with E-state index >= 15 is 0 Å². The molecule has 21 heteroatoms. The van der Waals surface area contributed by atoms with Gasteiger partial charge in [0.05, 0.1) is 39.6 Å². The van der Waals surface area contributed by atoms with Gasteiger partial charge in [-0.25, -0.2) is 15.0 Å². The molecule has 1 aliphatic heterocycles. The number of hydrogen-bond donors (Lipinski definition) is 4. The number of imidazole rings is 2. The summed E-state index contributed by atoms with van der Waals surface area (Å²) in [5, 5.41) is 11.2. The van der Waals surface area contributed by atoms with Crippen LogP contribution in [0.3, 0.4) is 0 Å². The molecule has 352 valence electrons. The fourth-order valence-corrected chi connectivity index (χ4v) is 9.90. The number of rotatable bonds is 19. The summed E-state index contributed by atoms with van der Waals surface area (Å²) in [6, 6.07) is 8.20. The number of allylic oxidation sites excluding steroid dienone is 2. The quantitative estimate of drug-likeness (QED) is 0.0463. The summed E-state index contributed by atoms with van der Waals surface area (Å²) in [4.78, 5) is 84.9. The number of fused-ring (bicyclic) bond motifs is 2. The fraction of sp³-hybridized carbons (Fsp3) is 0.413. The van der Waals surface area contributed by atoms with Crippen LogP contribution in [0, 0.1) is 19.8 Å². The molecule has 6 N–H and O–H groups in total. The maximum atomic E-state index is 13.9. The van der Waals surface area contributed by atoms with E-state index in [0.717, 1.165) is 42.4 Å². The highest BCUT2D eigenvalue weighted by atomic mass is 32.2. The van der Waals surface area contributed by atoms with Crippen molar-refractivity contribution >= 4 is 86.6 Å². The van der Waals surface area contributed by atoms with Crippen molar-refractivity contribution in [1.82, 2.24) is 43.7 Å². The Morgan fingerprint density at radius 2 is 1.46 bits per heavy atom. The van der Waals surface area contributed by atoms with Crippen LogP contribution in [0.2, 0.25) is 0 Å². The number of anilines is 2. The topological polar surface area (TPSA) is 244 Å². The molecule has 5 heterocycles. The van der Waals surface area contributed by atoms with Gasteiger partial charge in [-0.15, -0.1) is 23.1 Å². The van der Waals surface area contributed by atoms with E-state index in [1.807, 2.05) is 55.6 Å². The zero-order valence-corrected chi connectivity index (χ0v) is 39.9. The van der Waals surface area contributed by atoms with Gasteiger partial charge in [0.15, 0.2) is 0 Å². The Balaban J connectivity index is 1.10. The van der Waals surface area contributed by atoms with Gasteiger partial charge in [-0.3, -0.25) is 44.2 Å². The van der Waals surface area contributed by atoms with Crippen molar-refractivity contribution in [3.63, 3.8) is 0 Å². The molecular weight excluding hydrogens is 895 g/mol.